The van der Waals surface area contributed by atoms with E-state index in [1.54, 1.807) is 5.38 Å². The minimum Gasteiger partial charge on any atom is -0.473 e. The Morgan fingerprint density at radius 3 is 3.05 bits per heavy atom. The molecule has 0 aromatic carbocycles. The zero-order valence-corrected chi connectivity index (χ0v) is 12.0. The van der Waals surface area contributed by atoms with Crippen LogP contribution < -0.4 is 16.5 Å². The van der Waals surface area contributed by atoms with Crippen molar-refractivity contribution >= 4 is 44.2 Å². The number of nitrogens with one attached hydrogen (secondary N) is 4. The third-order valence-corrected chi connectivity index (χ3v) is 3.80. The Morgan fingerprint density at radius 1 is 1.68 bits per heavy atom. The summed E-state index contributed by atoms with van der Waals surface area (Å²) >= 11 is 4.60. The van der Waals surface area contributed by atoms with E-state index < -0.39 is 6.03 Å². The van der Waals surface area contributed by atoms with Crippen molar-refractivity contribution in [2.45, 2.75) is 6.61 Å². The molecule has 0 radical (unpaired) electrons. The standard InChI is InChI=1S/C9H11BrN6O2S/c10-6-4-19-8(14-9(17)15-16-13)5(6)3-18-7(12)1-2-11/h1-2,4,12H,3,11H2,(H3,13,14,15,17)/b2-1-,12-7?. The summed E-state index contributed by atoms with van der Waals surface area (Å²) in [6.45, 7) is 0.0981. The molecule has 1 heterocycles. The Morgan fingerprint density at radius 2 is 2.42 bits per heavy atom. The molecule has 0 saturated heterocycles. The van der Waals surface area contributed by atoms with Crippen LogP contribution in [0.4, 0.5) is 9.80 Å². The number of carbonyl (C=O) groups excluding carboxylic acids is 1. The quantitative estimate of drug-likeness (QED) is 0.242. The molecule has 0 atom stereocenters. The summed E-state index contributed by atoms with van der Waals surface area (Å²) < 4.78 is 5.90. The number of carbonyl (C=O) groups is 1. The number of nitrogens with zero attached hydrogens (tertiary/aromatic N) is 1. The number of anilines is 1. The van der Waals surface area contributed by atoms with Crippen LogP contribution in [0.25, 0.3) is 0 Å². The normalized spacial score (nSPS) is 10.2. The Kier molecular flexibility index (Phi) is 5.96. The number of hydrogen-bond donors (Lipinski definition) is 5. The highest BCUT2D eigenvalue weighted by atomic mass is 79.9. The average Bonchev–Trinajstić information content (AvgIpc) is 2.68. The lowest BCUT2D eigenvalue weighted by Crippen LogP contribution is -2.23. The van der Waals surface area contributed by atoms with E-state index in [0.717, 1.165) is 4.47 Å². The van der Waals surface area contributed by atoms with Crippen LogP contribution in [0.3, 0.4) is 0 Å². The van der Waals surface area contributed by atoms with Crippen molar-refractivity contribution < 1.29 is 9.53 Å². The van der Waals surface area contributed by atoms with Gasteiger partial charge in [0.1, 0.15) is 11.6 Å². The van der Waals surface area contributed by atoms with Gasteiger partial charge in [0, 0.05) is 21.5 Å². The number of urea groups is 1. The molecular weight excluding hydrogens is 336 g/mol. The van der Waals surface area contributed by atoms with Gasteiger partial charge in [0.05, 0.1) is 0 Å². The van der Waals surface area contributed by atoms with Crippen molar-refractivity contribution in [3.8, 4) is 0 Å². The second-order valence-corrected chi connectivity index (χ2v) is 4.82. The molecule has 19 heavy (non-hydrogen) atoms. The molecule has 0 bridgehead atoms. The third-order valence-electron chi connectivity index (χ3n) is 1.85. The highest BCUT2D eigenvalue weighted by Crippen LogP contribution is 2.32. The van der Waals surface area contributed by atoms with Gasteiger partial charge in [-0.3, -0.25) is 10.7 Å². The third kappa shape index (κ3) is 4.67. The van der Waals surface area contributed by atoms with E-state index >= 15 is 0 Å². The predicted molar refractivity (Wildman–Crippen MR) is 75.2 cm³/mol. The average molecular weight is 347 g/mol. The van der Waals surface area contributed by atoms with Crippen molar-refractivity contribution in [2.75, 3.05) is 5.32 Å². The fourth-order valence-electron chi connectivity index (χ4n) is 1.07. The summed E-state index contributed by atoms with van der Waals surface area (Å²) in [5.41, 5.74) is 14.3. The fraction of sp³-hybridized carbons (Fsp3) is 0.111. The molecule has 0 fully saturated rings. The lowest BCUT2D eigenvalue weighted by atomic mass is 10.3. The van der Waals surface area contributed by atoms with Gasteiger partial charge in [0.25, 0.3) is 0 Å². The maximum atomic E-state index is 11.3. The smallest absolute Gasteiger partial charge is 0.341 e. The lowest BCUT2D eigenvalue weighted by molar-refractivity contribution is 0.251. The fourth-order valence-corrected chi connectivity index (χ4v) is 2.62. The van der Waals surface area contributed by atoms with Crippen LogP contribution in [0.15, 0.2) is 27.4 Å². The van der Waals surface area contributed by atoms with Gasteiger partial charge in [0.15, 0.2) is 0 Å². The van der Waals surface area contributed by atoms with Crippen molar-refractivity contribution in [3.05, 3.63) is 27.7 Å². The van der Waals surface area contributed by atoms with Crippen LogP contribution in [0, 0.1) is 10.9 Å². The van der Waals surface area contributed by atoms with Gasteiger partial charge in [-0.15, -0.1) is 11.3 Å². The largest absolute Gasteiger partial charge is 0.473 e. The van der Waals surface area contributed by atoms with Gasteiger partial charge in [-0.1, -0.05) is 5.22 Å². The summed E-state index contributed by atoms with van der Waals surface area (Å²) in [5, 5.41) is 15.0. The van der Waals surface area contributed by atoms with Crippen LogP contribution in [0.5, 0.6) is 0 Å². The van der Waals surface area contributed by atoms with Crippen LogP contribution in [0.1, 0.15) is 5.56 Å². The van der Waals surface area contributed by atoms with E-state index in [-0.39, 0.29) is 12.5 Å². The van der Waals surface area contributed by atoms with E-state index in [1.807, 2.05) is 5.43 Å². The van der Waals surface area contributed by atoms with Crippen molar-refractivity contribution in [2.24, 2.45) is 11.0 Å². The van der Waals surface area contributed by atoms with E-state index in [1.165, 1.54) is 23.6 Å². The molecule has 0 saturated carbocycles. The maximum absolute atomic E-state index is 11.3. The topological polar surface area (TPSA) is 136 Å². The van der Waals surface area contributed by atoms with Crippen molar-refractivity contribution in [3.63, 3.8) is 0 Å². The molecule has 1 aromatic rings. The molecule has 1 rings (SSSR count). The first-order valence-electron chi connectivity index (χ1n) is 4.87. The zero-order chi connectivity index (χ0) is 14.3. The number of hydrogen-bond acceptors (Lipinski definition) is 7. The van der Waals surface area contributed by atoms with Crippen LogP contribution >= 0.6 is 27.3 Å². The van der Waals surface area contributed by atoms with Gasteiger partial charge < -0.3 is 10.5 Å². The number of nitrogens with two attached hydrogens (primary N) is 1. The predicted octanol–water partition coefficient (Wildman–Crippen LogP) is 2.54. The lowest BCUT2D eigenvalue weighted by Gasteiger charge is -2.07. The first kappa shape index (κ1) is 15.1. The molecule has 2 amide bonds. The SMILES string of the molecule is N=NNC(=O)Nc1scc(Br)c1COC(=N)/C=C\N. The van der Waals surface area contributed by atoms with E-state index in [9.17, 15) is 4.79 Å². The molecule has 0 spiro atoms. The van der Waals surface area contributed by atoms with Gasteiger partial charge in [-0.25, -0.2) is 10.2 Å². The Hall–Kier alpha value is -1.94. The zero-order valence-electron chi connectivity index (χ0n) is 9.57. The number of halogens is 1. The Labute approximate surface area is 121 Å². The molecule has 6 N–H and O–H groups in total. The van der Waals surface area contributed by atoms with E-state index in [2.05, 4.69) is 26.5 Å². The number of amides is 2. The second kappa shape index (κ2) is 7.48. The minimum atomic E-state index is -0.623. The molecule has 102 valence electrons. The molecule has 10 heteroatoms. The van der Waals surface area contributed by atoms with Crippen molar-refractivity contribution in [1.82, 2.24) is 5.43 Å². The van der Waals surface area contributed by atoms with Gasteiger partial charge >= 0.3 is 6.03 Å². The number of rotatable bonds is 5. The Bertz CT molecular complexity index is 515. The first-order valence-corrected chi connectivity index (χ1v) is 6.54. The first-order chi connectivity index (χ1) is 9.08. The molecule has 0 aliphatic carbocycles. The number of thiophene rings is 1. The molecule has 0 aliphatic rings. The second-order valence-electron chi connectivity index (χ2n) is 3.08. The Balaban J connectivity index is 2.71. The summed E-state index contributed by atoms with van der Waals surface area (Å²) in [7, 11) is 0. The summed E-state index contributed by atoms with van der Waals surface area (Å²) in [6, 6.07) is -0.623. The van der Waals surface area contributed by atoms with Crippen LogP contribution in [0.2, 0.25) is 0 Å². The molecule has 0 unspecified atom stereocenters. The monoisotopic (exact) mass is 346 g/mol. The summed E-state index contributed by atoms with van der Waals surface area (Å²) in [5.74, 6) is -0.0860. The highest BCUT2D eigenvalue weighted by molar-refractivity contribution is 9.10. The van der Waals surface area contributed by atoms with Crippen molar-refractivity contribution in [1.29, 1.82) is 10.9 Å². The van der Waals surface area contributed by atoms with Gasteiger partial charge in [-0.05, 0) is 22.1 Å². The number of ether oxygens (including phenoxy) is 1. The van der Waals surface area contributed by atoms with Crippen LogP contribution in [-0.2, 0) is 11.3 Å². The summed E-state index contributed by atoms with van der Waals surface area (Å²) in [4.78, 5) is 11.3. The molecular formula is C9H11BrN6O2S. The molecule has 8 nitrogen and oxygen atoms in total. The maximum Gasteiger partial charge on any atom is 0.341 e. The minimum absolute atomic E-state index is 0.0860. The van der Waals surface area contributed by atoms with Crippen LogP contribution in [-0.4, -0.2) is 11.9 Å². The van der Waals surface area contributed by atoms with Gasteiger partial charge in [-0.2, -0.15) is 5.53 Å². The molecule has 0 aliphatic heterocycles. The highest BCUT2D eigenvalue weighted by Gasteiger charge is 2.13. The van der Waals surface area contributed by atoms with Gasteiger partial charge in [0.2, 0.25) is 5.90 Å². The van der Waals surface area contributed by atoms with E-state index in [4.69, 9.17) is 21.4 Å². The summed E-state index contributed by atoms with van der Waals surface area (Å²) in [6.07, 6.45) is 2.51. The van der Waals surface area contributed by atoms with E-state index in [0.29, 0.717) is 10.6 Å². The molecule has 1 aromatic heterocycles.